The van der Waals surface area contributed by atoms with Crippen LogP contribution in [0.4, 0.5) is 0 Å². The monoisotopic (exact) mass is 208 g/mol. The highest BCUT2D eigenvalue weighted by Gasteiger charge is 2.18. The second kappa shape index (κ2) is 6.09. The molecule has 1 heteroatoms. The summed E-state index contributed by atoms with van der Waals surface area (Å²) >= 11 is 0. The number of carbonyl (C=O) groups is 1. The fourth-order valence-electron chi connectivity index (χ4n) is 2.71. The Bertz CT molecular complexity index is 238. The first-order valence-electron chi connectivity index (χ1n) is 6.24. The van der Waals surface area contributed by atoms with E-state index in [1.165, 1.54) is 25.7 Å². The van der Waals surface area contributed by atoms with E-state index in [0.29, 0.717) is 6.42 Å². The number of aldehydes is 1. The van der Waals surface area contributed by atoms with Crippen LogP contribution in [0.15, 0.2) is 11.1 Å². The molecule has 0 aromatic rings. The Kier molecular flexibility index (Phi) is 5.07. The van der Waals surface area contributed by atoms with Gasteiger partial charge < -0.3 is 4.79 Å². The number of allylic oxidation sites excluding steroid dienone is 2. The van der Waals surface area contributed by atoms with Gasteiger partial charge in [-0.05, 0) is 50.9 Å². The van der Waals surface area contributed by atoms with Gasteiger partial charge in [0.05, 0.1) is 0 Å². The number of rotatable bonds is 5. The van der Waals surface area contributed by atoms with Crippen LogP contribution in [0.1, 0.15) is 59.3 Å². The predicted molar refractivity (Wildman–Crippen MR) is 64.8 cm³/mol. The topological polar surface area (TPSA) is 17.1 Å². The second-order valence-corrected chi connectivity index (χ2v) is 5.33. The van der Waals surface area contributed by atoms with Crippen LogP contribution in [0.25, 0.3) is 0 Å². The molecule has 1 aliphatic rings. The van der Waals surface area contributed by atoms with Gasteiger partial charge >= 0.3 is 0 Å². The molecule has 15 heavy (non-hydrogen) atoms. The summed E-state index contributed by atoms with van der Waals surface area (Å²) in [5.41, 5.74) is 3.12. The highest BCUT2D eigenvalue weighted by Crippen LogP contribution is 2.34. The molecule has 0 saturated carbocycles. The molecule has 0 unspecified atom stereocenters. The van der Waals surface area contributed by atoms with Gasteiger partial charge in [-0.15, -0.1) is 0 Å². The SMILES string of the molecule is CC1=C(CCC=O)CC[C@@H](CC(C)C)C1. The van der Waals surface area contributed by atoms with E-state index in [4.69, 9.17) is 0 Å². The fraction of sp³-hybridized carbons (Fsp3) is 0.786. The first-order valence-corrected chi connectivity index (χ1v) is 6.24. The van der Waals surface area contributed by atoms with Gasteiger partial charge in [0, 0.05) is 6.42 Å². The van der Waals surface area contributed by atoms with Gasteiger partial charge in [-0.3, -0.25) is 0 Å². The summed E-state index contributed by atoms with van der Waals surface area (Å²) in [6, 6.07) is 0. The van der Waals surface area contributed by atoms with Gasteiger partial charge in [-0.25, -0.2) is 0 Å². The van der Waals surface area contributed by atoms with Crippen LogP contribution < -0.4 is 0 Å². The average molecular weight is 208 g/mol. The Morgan fingerprint density at radius 2 is 2.20 bits per heavy atom. The first-order chi connectivity index (χ1) is 7.13. The van der Waals surface area contributed by atoms with Crippen molar-refractivity contribution in [3.63, 3.8) is 0 Å². The van der Waals surface area contributed by atoms with Crippen molar-refractivity contribution in [2.75, 3.05) is 0 Å². The molecule has 0 saturated heterocycles. The molecule has 0 heterocycles. The maximum Gasteiger partial charge on any atom is 0.120 e. The largest absolute Gasteiger partial charge is 0.303 e. The van der Waals surface area contributed by atoms with Crippen LogP contribution >= 0.6 is 0 Å². The van der Waals surface area contributed by atoms with E-state index in [1.807, 2.05) is 0 Å². The van der Waals surface area contributed by atoms with E-state index < -0.39 is 0 Å². The van der Waals surface area contributed by atoms with E-state index in [-0.39, 0.29) is 0 Å². The van der Waals surface area contributed by atoms with E-state index >= 15 is 0 Å². The van der Waals surface area contributed by atoms with Crippen molar-refractivity contribution < 1.29 is 4.79 Å². The summed E-state index contributed by atoms with van der Waals surface area (Å²) in [7, 11) is 0. The molecule has 1 nitrogen and oxygen atoms in total. The maximum atomic E-state index is 10.3. The number of hydrogen-bond acceptors (Lipinski definition) is 1. The van der Waals surface area contributed by atoms with Gasteiger partial charge in [-0.1, -0.05) is 25.0 Å². The minimum Gasteiger partial charge on any atom is -0.303 e. The van der Waals surface area contributed by atoms with Gasteiger partial charge in [0.25, 0.3) is 0 Å². The summed E-state index contributed by atoms with van der Waals surface area (Å²) in [6.07, 6.45) is 7.96. The summed E-state index contributed by atoms with van der Waals surface area (Å²) in [5, 5.41) is 0. The third kappa shape index (κ3) is 4.19. The summed E-state index contributed by atoms with van der Waals surface area (Å²) in [4.78, 5) is 10.3. The van der Waals surface area contributed by atoms with Crippen molar-refractivity contribution in [1.82, 2.24) is 0 Å². The fourth-order valence-corrected chi connectivity index (χ4v) is 2.71. The Labute approximate surface area is 93.9 Å². The molecule has 86 valence electrons. The predicted octanol–water partition coefficient (Wildman–Crippen LogP) is 4.13. The Hall–Kier alpha value is -0.590. The zero-order valence-corrected chi connectivity index (χ0v) is 10.4. The molecule has 0 N–H and O–H groups in total. The zero-order chi connectivity index (χ0) is 11.3. The quantitative estimate of drug-likeness (QED) is 0.490. The lowest BCUT2D eigenvalue weighted by atomic mass is 9.79. The lowest BCUT2D eigenvalue weighted by Gasteiger charge is -2.26. The minimum atomic E-state index is 0.710. The number of hydrogen-bond donors (Lipinski definition) is 0. The molecule has 1 aliphatic carbocycles. The Morgan fingerprint density at radius 3 is 2.73 bits per heavy atom. The lowest BCUT2D eigenvalue weighted by Crippen LogP contribution is -2.11. The molecule has 0 amide bonds. The molecule has 0 spiro atoms. The molecule has 1 rings (SSSR count). The van der Waals surface area contributed by atoms with Gasteiger partial charge in [0.15, 0.2) is 0 Å². The van der Waals surface area contributed by atoms with Gasteiger partial charge in [0.2, 0.25) is 0 Å². The zero-order valence-electron chi connectivity index (χ0n) is 10.4. The second-order valence-electron chi connectivity index (χ2n) is 5.33. The van der Waals surface area contributed by atoms with Crippen LogP contribution in [0.5, 0.6) is 0 Å². The van der Waals surface area contributed by atoms with E-state index in [9.17, 15) is 4.79 Å². The summed E-state index contributed by atoms with van der Waals surface area (Å²) < 4.78 is 0. The van der Waals surface area contributed by atoms with Crippen molar-refractivity contribution in [3.05, 3.63) is 11.1 Å². The molecular weight excluding hydrogens is 184 g/mol. The standard InChI is InChI=1S/C14H24O/c1-11(2)9-13-6-7-14(5-4-8-15)12(3)10-13/h8,11,13H,4-7,9-10H2,1-3H3/t13-/m0/s1. The van der Waals surface area contributed by atoms with E-state index in [1.54, 1.807) is 11.1 Å². The molecule has 0 aromatic heterocycles. The molecule has 0 aromatic carbocycles. The maximum absolute atomic E-state index is 10.3. The third-order valence-corrected chi connectivity index (χ3v) is 3.42. The van der Waals surface area contributed by atoms with Crippen molar-refractivity contribution in [1.29, 1.82) is 0 Å². The van der Waals surface area contributed by atoms with Crippen molar-refractivity contribution in [2.45, 2.75) is 59.3 Å². The van der Waals surface area contributed by atoms with Gasteiger partial charge in [0.1, 0.15) is 6.29 Å². The molecule has 0 bridgehead atoms. The summed E-state index contributed by atoms with van der Waals surface area (Å²) in [5.74, 6) is 1.71. The van der Waals surface area contributed by atoms with Crippen LogP contribution in [0.3, 0.4) is 0 Å². The minimum absolute atomic E-state index is 0.710. The van der Waals surface area contributed by atoms with Crippen LogP contribution in [0, 0.1) is 11.8 Å². The normalized spacial score (nSPS) is 22.3. The number of carbonyl (C=O) groups excluding carboxylic acids is 1. The Balaban J connectivity index is 2.45. The van der Waals surface area contributed by atoms with Crippen molar-refractivity contribution in [2.24, 2.45) is 11.8 Å². The molecular formula is C14H24O. The summed E-state index contributed by atoms with van der Waals surface area (Å²) in [6.45, 7) is 6.87. The highest BCUT2D eigenvalue weighted by molar-refractivity contribution is 5.50. The third-order valence-electron chi connectivity index (χ3n) is 3.42. The Morgan fingerprint density at radius 1 is 1.47 bits per heavy atom. The van der Waals surface area contributed by atoms with Crippen LogP contribution in [-0.2, 0) is 4.79 Å². The lowest BCUT2D eigenvalue weighted by molar-refractivity contribution is -0.107. The molecule has 0 fully saturated rings. The smallest absolute Gasteiger partial charge is 0.120 e. The molecule has 1 atom stereocenters. The van der Waals surface area contributed by atoms with Crippen LogP contribution in [-0.4, -0.2) is 6.29 Å². The van der Waals surface area contributed by atoms with Crippen molar-refractivity contribution >= 4 is 6.29 Å². The van der Waals surface area contributed by atoms with E-state index in [2.05, 4.69) is 20.8 Å². The molecule has 0 aliphatic heterocycles. The average Bonchev–Trinajstić information content (AvgIpc) is 2.15. The van der Waals surface area contributed by atoms with Gasteiger partial charge in [-0.2, -0.15) is 0 Å². The highest BCUT2D eigenvalue weighted by atomic mass is 16.1. The van der Waals surface area contributed by atoms with E-state index in [0.717, 1.165) is 24.5 Å². The van der Waals surface area contributed by atoms with Crippen LogP contribution in [0.2, 0.25) is 0 Å². The van der Waals surface area contributed by atoms with Crippen molar-refractivity contribution in [3.8, 4) is 0 Å². The molecule has 0 radical (unpaired) electrons. The first kappa shape index (κ1) is 12.5.